The van der Waals surface area contributed by atoms with Crippen molar-refractivity contribution in [1.29, 1.82) is 0 Å². The third-order valence-corrected chi connectivity index (χ3v) is 3.73. The van der Waals surface area contributed by atoms with E-state index in [0.29, 0.717) is 24.3 Å². The van der Waals surface area contributed by atoms with Gasteiger partial charge in [0.25, 0.3) is 0 Å². The molecule has 0 saturated carbocycles. The minimum Gasteiger partial charge on any atom is -0.388 e. The van der Waals surface area contributed by atoms with E-state index in [2.05, 4.69) is 13.8 Å². The van der Waals surface area contributed by atoms with Crippen LogP contribution in [0.5, 0.6) is 0 Å². The molecule has 0 heterocycles. The van der Waals surface area contributed by atoms with Gasteiger partial charge in [-0.1, -0.05) is 34.1 Å². The number of allylic oxidation sites excluding steroid dienone is 1. The van der Waals surface area contributed by atoms with E-state index in [0.717, 1.165) is 6.42 Å². The van der Waals surface area contributed by atoms with Crippen molar-refractivity contribution in [3.63, 3.8) is 0 Å². The zero-order valence-corrected chi connectivity index (χ0v) is 12.7. The van der Waals surface area contributed by atoms with Gasteiger partial charge in [-0.3, -0.25) is 9.59 Å². The standard InChI is InChI=1S/C16H26O3/c1-9(2)6-7-12-15(18)11(5)14(16(12)19)13(17)8-10(3)4/h9-10,12,15,18H,6-8H2,1-5H3. The van der Waals surface area contributed by atoms with E-state index < -0.39 is 12.0 Å². The first-order valence-corrected chi connectivity index (χ1v) is 7.21. The average molecular weight is 266 g/mol. The zero-order chi connectivity index (χ0) is 14.7. The summed E-state index contributed by atoms with van der Waals surface area (Å²) >= 11 is 0. The first kappa shape index (κ1) is 16.1. The number of aliphatic hydroxyl groups excluding tert-OH is 1. The summed E-state index contributed by atoms with van der Waals surface area (Å²) in [5.41, 5.74) is 0.847. The quantitative estimate of drug-likeness (QED) is 0.752. The maximum Gasteiger partial charge on any atom is 0.172 e. The molecule has 108 valence electrons. The fraction of sp³-hybridized carbons (Fsp3) is 0.750. The molecule has 1 aliphatic carbocycles. The molecular weight excluding hydrogens is 240 g/mol. The van der Waals surface area contributed by atoms with E-state index in [1.807, 2.05) is 13.8 Å². The van der Waals surface area contributed by atoms with Gasteiger partial charge >= 0.3 is 0 Å². The summed E-state index contributed by atoms with van der Waals surface area (Å²) in [6, 6.07) is 0. The Hall–Kier alpha value is -0.960. The van der Waals surface area contributed by atoms with Crippen molar-refractivity contribution in [3.8, 4) is 0 Å². The molecular formula is C16H26O3. The Balaban J connectivity index is 2.83. The van der Waals surface area contributed by atoms with E-state index in [9.17, 15) is 14.7 Å². The maximum atomic E-state index is 12.3. The second-order valence-corrected chi connectivity index (χ2v) is 6.47. The van der Waals surface area contributed by atoms with Crippen LogP contribution in [0, 0.1) is 17.8 Å². The number of Topliss-reactive ketones (excluding diaryl/α,β-unsaturated/α-hetero) is 2. The second-order valence-electron chi connectivity index (χ2n) is 6.47. The second kappa shape index (κ2) is 6.47. The smallest absolute Gasteiger partial charge is 0.172 e. The van der Waals surface area contributed by atoms with Gasteiger partial charge in [0.2, 0.25) is 0 Å². The van der Waals surface area contributed by atoms with Crippen molar-refractivity contribution in [1.82, 2.24) is 0 Å². The Morgan fingerprint density at radius 1 is 1.21 bits per heavy atom. The van der Waals surface area contributed by atoms with Crippen LogP contribution in [0.4, 0.5) is 0 Å². The summed E-state index contributed by atoms with van der Waals surface area (Å²) in [4.78, 5) is 24.4. The molecule has 0 aliphatic heterocycles. The highest BCUT2D eigenvalue weighted by atomic mass is 16.3. The van der Waals surface area contributed by atoms with E-state index in [-0.39, 0.29) is 23.1 Å². The molecule has 0 aromatic rings. The van der Waals surface area contributed by atoms with E-state index in [4.69, 9.17) is 0 Å². The number of hydrogen-bond acceptors (Lipinski definition) is 3. The van der Waals surface area contributed by atoms with Gasteiger partial charge in [-0.15, -0.1) is 0 Å². The molecule has 2 atom stereocenters. The molecule has 3 heteroatoms. The van der Waals surface area contributed by atoms with Gasteiger partial charge in [0.1, 0.15) is 0 Å². The average Bonchev–Trinajstić information content (AvgIpc) is 2.47. The fourth-order valence-corrected chi connectivity index (χ4v) is 2.60. The molecule has 1 N–H and O–H groups in total. The van der Waals surface area contributed by atoms with Gasteiger partial charge in [-0.25, -0.2) is 0 Å². The number of carbonyl (C=O) groups is 2. The SMILES string of the molecule is CC1=C(C(=O)CC(C)C)C(=O)C(CCC(C)C)C1O. The van der Waals surface area contributed by atoms with Crippen LogP contribution in [0.1, 0.15) is 53.9 Å². The maximum absolute atomic E-state index is 12.3. The Bertz CT molecular complexity index is 391. The highest BCUT2D eigenvalue weighted by Gasteiger charge is 2.41. The Kier molecular flexibility index (Phi) is 5.48. The Morgan fingerprint density at radius 3 is 2.26 bits per heavy atom. The predicted molar refractivity (Wildman–Crippen MR) is 75.7 cm³/mol. The van der Waals surface area contributed by atoms with Crippen LogP contribution in [0.2, 0.25) is 0 Å². The molecule has 1 rings (SSSR count). The number of ketones is 2. The number of carbonyl (C=O) groups excluding carboxylic acids is 2. The summed E-state index contributed by atoms with van der Waals surface area (Å²) in [6.07, 6.45) is 1.17. The van der Waals surface area contributed by atoms with Crippen LogP contribution in [0.15, 0.2) is 11.1 Å². The Labute approximate surface area is 116 Å². The van der Waals surface area contributed by atoms with Crippen molar-refractivity contribution in [3.05, 3.63) is 11.1 Å². The lowest BCUT2D eigenvalue weighted by atomic mass is 9.91. The molecule has 0 amide bonds. The van der Waals surface area contributed by atoms with Gasteiger partial charge in [0, 0.05) is 6.42 Å². The predicted octanol–water partition coefficient (Wildman–Crippen LogP) is 2.91. The summed E-state index contributed by atoms with van der Waals surface area (Å²) in [7, 11) is 0. The fourth-order valence-electron chi connectivity index (χ4n) is 2.60. The minimum absolute atomic E-state index is 0.108. The highest BCUT2D eigenvalue weighted by Crippen LogP contribution is 2.33. The lowest BCUT2D eigenvalue weighted by molar-refractivity contribution is -0.124. The number of hydrogen-bond donors (Lipinski definition) is 1. The number of aliphatic hydroxyl groups is 1. The first-order valence-electron chi connectivity index (χ1n) is 7.21. The normalized spacial score (nSPS) is 23.9. The van der Waals surface area contributed by atoms with Crippen molar-refractivity contribution in [2.45, 2.75) is 60.0 Å². The van der Waals surface area contributed by atoms with Gasteiger partial charge in [0.15, 0.2) is 11.6 Å². The lowest BCUT2D eigenvalue weighted by Gasteiger charge is -2.15. The minimum atomic E-state index is -0.766. The zero-order valence-electron chi connectivity index (χ0n) is 12.7. The van der Waals surface area contributed by atoms with Crippen LogP contribution >= 0.6 is 0 Å². The van der Waals surface area contributed by atoms with Gasteiger partial charge in [-0.2, -0.15) is 0 Å². The molecule has 3 nitrogen and oxygen atoms in total. The van der Waals surface area contributed by atoms with Crippen molar-refractivity contribution in [2.75, 3.05) is 0 Å². The molecule has 0 saturated heterocycles. The molecule has 2 unspecified atom stereocenters. The molecule has 0 aromatic carbocycles. The summed E-state index contributed by atoms with van der Waals surface area (Å²) in [5, 5.41) is 10.2. The van der Waals surface area contributed by atoms with E-state index in [1.54, 1.807) is 6.92 Å². The largest absolute Gasteiger partial charge is 0.388 e. The molecule has 1 aliphatic rings. The molecule has 19 heavy (non-hydrogen) atoms. The summed E-state index contributed by atoms with van der Waals surface area (Å²) in [5.74, 6) is 0.0663. The van der Waals surface area contributed by atoms with Crippen LogP contribution < -0.4 is 0 Å². The van der Waals surface area contributed by atoms with Crippen molar-refractivity contribution in [2.24, 2.45) is 17.8 Å². The van der Waals surface area contributed by atoms with Gasteiger partial charge < -0.3 is 5.11 Å². The number of rotatable bonds is 6. The van der Waals surface area contributed by atoms with Crippen LogP contribution in [0.3, 0.4) is 0 Å². The Morgan fingerprint density at radius 2 is 1.79 bits per heavy atom. The van der Waals surface area contributed by atoms with E-state index >= 15 is 0 Å². The summed E-state index contributed by atoms with van der Waals surface area (Å²) in [6.45, 7) is 9.82. The lowest BCUT2D eigenvalue weighted by Crippen LogP contribution is -2.23. The van der Waals surface area contributed by atoms with Gasteiger partial charge in [-0.05, 0) is 30.8 Å². The van der Waals surface area contributed by atoms with E-state index in [1.165, 1.54) is 0 Å². The summed E-state index contributed by atoms with van der Waals surface area (Å²) < 4.78 is 0. The van der Waals surface area contributed by atoms with Crippen molar-refractivity contribution >= 4 is 11.6 Å². The highest BCUT2D eigenvalue weighted by molar-refractivity contribution is 6.23. The van der Waals surface area contributed by atoms with Gasteiger partial charge in [0.05, 0.1) is 17.6 Å². The molecule has 0 fully saturated rings. The van der Waals surface area contributed by atoms with Crippen LogP contribution in [-0.2, 0) is 9.59 Å². The molecule has 0 spiro atoms. The van der Waals surface area contributed by atoms with Crippen LogP contribution in [-0.4, -0.2) is 22.8 Å². The van der Waals surface area contributed by atoms with Crippen molar-refractivity contribution < 1.29 is 14.7 Å². The molecule has 0 radical (unpaired) electrons. The topological polar surface area (TPSA) is 54.4 Å². The monoisotopic (exact) mass is 266 g/mol. The third kappa shape index (κ3) is 3.75. The molecule has 0 bridgehead atoms. The first-order chi connectivity index (χ1) is 8.75. The molecule has 0 aromatic heterocycles. The van der Waals surface area contributed by atoms with Crippen LogP contribution in [0.25, 0.3) is 0 Å². The third-order valence-electron chi connectivity index (χ3n) is 3.73.